The van der Waals surface area contributed by atoms with E-state index in [1.165, 1.54) is 14.2 Å². The van der Waals surface area contributed by atoms with Gasteiger partial charge in [-0.05, 0) is 42.3 Å². The molecule has 170 valence electrons. The van der Waals surface area contributed by atoms with Gasteiger partial charge in [0.1, 0.15) is 5.75 Å². The van der Waals surface area contributed by atoms with Gasteiger partial charge >= 0.3 is 12.0 Å². The van der Waals surface area contributed by atoms with Crippen LogP contribution in [0.15, 0.2) is 42.5 Å². The van der Waals surface area contributed by atoms with Crippen molar-refractivity contribution in [1.29, 1.82) is 0 Å². The summed E-state index contributed by atoms with van der Waals surface area (Å²) in [5.41, 5.74) is 2.75. The minimum Gasteiger partial charge on any atom is -0.496 e. The molecule has 0 unspecified atom stereocenters. The van der Waals surface area contributed by atoms with Gasteiger partial charge in [0.05, 0.1) is 49.9 Å². The Hall–Kier alpha value is -3.07. The molecular weight excluding hydrogens is 432 g/mol. The van der Waals surface area contributed by atoms with E-state index in [1.807, 2.05) is 31.2 Å². The summed E-state index contributed by atoms with van der Waals surface area (Å²) in [6, 6.07) is 11.3. The Balaban J connectivity index is 1.71. The fourth-order valence-electron chi connectivity index (χ4n) is 4.49. The Morgan fingerprint density at radius 2 is 1.75 bits per heavy atom. The number of hydrogen-bond acceptors (Lipinski definition) is 6. The molecule has 9 heteroatoms. The monoisotopic (exact) mass is 458 g/mol. The summed E-state index contributed by atoms with van der Waals surface area (Å²) in [6.07, 6.45) is 0.872. The van der Waals surface area contributed by atoms with Gasteiger partial charge in [-0.3, -0.25) is 4.90 Å². The molecule has 0 radical (unpaired) electrons. The lowest BCUT2D eigenvalue weighted by molar-refractivity contribution is 0.0600. The number of anilines is 1. The lowest BCUT2D eigenvalue weighted by Crippen LogP contribution is -2.37. The lowest BCUT2D eigenvalue weighted by Gasteiger charge is -2.23. The number of carbonyl (C=O) groups excluding carboxylic acids is 2. The highest BCUT2D eigenvalue weighted by Gasteiger charge is 2.53. The van der Waals surface area contributed by atoms with Gasteiger partial charge in [-0.1, -0.05) is 19.1 Å². The molecule has 0 bridgehead atoms. The van der Waals surface area contributed by atoms with E-state index in [0.717, 1.165) is 12.0 Å². The minimum absolute atomic E-state index is 0.0746. The Labute approximate surface area is 187 Å². The molecule has 0 spiro atoms. The first-order valence-corrected chi connectivity index (χ1v) is 12.2. The van der Waals surface area contributed by atoms with Crippen molar-refractivity contribution in [3.8, 4) is 5.75 Å². The highest BCUT2D eigenvalue weighted by molar-refractivity contribution is 7.91. The maximum Gasteiger partial charge on any atom is 0.337 e. The van der Waals surface area contributed by atoms with E-state index >= 15 is 0 Å². The molecule has 8 nitrogen and oxygen atoms in total. The van der Waals surface area contributed by atoms with Crippen LogP contribution in [0.1, 0.15) is 28.4 Å². The van der Waals surface area contributed by atoms with Crippen molar-refractivity contribution in [2.75, 3.05) is 30.6 Å². The van der Waals surface area contributed by atoms with E-state index < -0.39 is 27.9 Å². The second kappa shape index (κ2) is 8.46. The molecule has 0 saturated carbocycles. The summed E-state index contributed by atoms with van der Waals surface area (Å²) >= 11 is 0. The van der Waals surface area contributed by atoms with Crippen LogP contribution < -0.4 is 9.64 Å². The molecule has 32 heavy (non-hydrogen) atoms. The molecule has 2 atom stereocenters. The first-order chi connectivity index (χ1) is 15.3. The number of nitrogens with zero attached hydrogens (tertiary/aromatic N) is 2. The summed E-state index contributed by atoms with van der Waals surface area (Å²) in [4.78, 5) is 28.6. The first kappa shape index (κ1) is 22.1. The van der Waals surface area contributed by atoms with Crippen LogP contribution in [-0.4, -0.2) is 63.1 Å². The van der Waals surface area contributed by atoms with E-state index in [2.05, 4.69) is 0 Å². The largest absolute Gasteiger partial charge is 0.496 e. The van der Waals surface area contributed by atoms with Crippen LogP contribution in [0.2, 0.25) is 0 Å². The first-order valence-electron chi connectivity index (χ1n) is 10.4. The number of rotatable bonds is 6. The van der Waals surface area contributed by atoms with Crippen LogP contribution in [0.5, 0.6) is 5.75 Å². The minimum atomic E-state index is -3.29. The molecule has 0 aliphatic carbocycles. The van der Waals surface area contributed by atoms with Crippen molar-refractivity contribution in [1.82, 2.24) is 4.90 Å². The Kier molecular flexibility index (Phi) is 5.85. The molecule has 4 rings (SSSR count). The third-order valence-electron chi connectivity index (χ3n) is 6.14. The van der Waals surface area contributed by atoms with Gasteiger partial charge in [-0.2, -0.15) is 0 Å². The number of aryl methyl sites for hydroxylation is 1. The fraction of sp³-hybridized carbons (Fsp3) is 0.391. The number of esters is 1. The number of benzene rings is 2. The maximum absolute atomic E-state index is 13.5. The second-order valence-electron chi connectivity index (χ2n) is 8.03. The zero-order valence-electron chi connectivity index (χ0n) is 18.3. The Morgan fingerprint density at radius 3 is 2.38 bits per heavy atom. The number of amides is 2. The van der Waals surface area contributed by atoms with Crippen LogP contribution >= 0.6 is 0 Å². The molecule has 2 aromatic rings. The smallest absolute Gasteiger partial charge is 0.337 e. The Morgan fingerprint density at radius 1 is 1.06 bits per heavy atom. The predicted molar refractivity (Wildman–Crippen MR) is 120 cm³/mol. The quantitative estimate of drug-likeness (QED) is 0.488. The number of fused-ring (bicyclic) bond motifs is 1. The maximum atomic E-state index is 13.5. The molecule has 2 fully saturated rings. The summed E-state index contributed by atoms with van der Waals surface area (Å²) in [6.45, 7) is 2.17. The Bertz CT molecular complexity index is 1150. The lowest BCUT2D eigenvalue weighted by atomic mass is 10.1. The average molecular weight is 459 g/mol. The van der Waals surface area contributed by atoms with Crippen molar-refractivity contribution in [2.45, 2.75) is 32.0 Å². The highest BCUT2D eigenvalue weighted by atomic mass is 32.2. The average Bonchev–Trinajstić information content (AvgIpc) is 3.22. The van der Waals surface area contributed by atoms with Gasteiger partial charge in [0, 0.05) is 11.3 Å². The SMILES string of the molecule is CCc1ccc(N2C(=O)N(Cc3cc(C(=O)OC)ccc3OC)[C@@H]3CS(=O)(=O)C[C@@H]32)cc1. The van der Waals surface area contributed by atoms with Crippen molar-refractivity contribution >= 4 is 27.5 Å². The van der Waals surface area contributed by atoms with E-state index in [9.17, 15) is 18.0 Å². The molecule has 2 amide bonds. The number of urea groups is 1. The third-order valence-corrected chi connectivity index (χ3v) is 7.84. The van der Waals surface area contributed by atoms with E-state index in [-0.39, 0.29) is 24.1 Å². The number of ether oxygens (including phenoxy) is 2. The number of hydrogen-bond donors (Lipinski definition) is 0. The number of methoxy groups -OCH3 is 2. The van der Waals surface area contributed by atoms with Crippen LogP contribution in [0.4, 0.5) is 10.5 Å². The molecule has 2 heterocycles. The van der Waals surface area contributed by atoms with Crippen LogP contribution in [0, 0.1) is 0 Å². The van der Waals surface area contributed by atoms with Crippen molar-refractivity contribution < 1.29 is 27.5 Å². The zero-order chi connectivity index (χ0) is 23.0. The predicted octanol–water partition coefficient (Wildman–Crippen LogP) is 2.65. The standard InChI is InChI=1S/C23H26N2O6S/c1-4-15-5-8-18(9-6-15)25-20-14-32(28,29)13-19(20)24(23(25)27)12-17-11-16(22(26)31-3)7-10-21(17)30-2/h5-11,19-20H,4,12-14H2,1-3H3/t19-,20+/m1/s1. The van der Waals surface area contributed by atoms with Gasteiger partial charge in [0.15, 0.2) is 9.84 Å². The summed E-state index contributed by atoms with van der Waals surface area (Å²) in [7, 11) is -0.486. The summed E-state index contributed by atoms with van der Waals surface area (Å²) < 4.78 is 35.2. The van der Waals surface area contributed by atoms with Crippen molar-refractivity contribution in [3.63, 3.8) is 0 Å². The molecule has 0 N–H and O–H groups in total. The summed E-state index contributed by atoms with van der Waals surface area (Å²) in [5, 5.41) is 0. The zero-order valence-corrected chi connectivity index (χ0v) is 19.1. The number of sulfone groups is 1. The van der Waals surface area contributed by atoms with Gasteiger partial charge in [0.25, 0.3) is 0 Å². The molecule has 2 saturated heterocycles. The van der Waals surface area contributed by atoms with Crippen LogP contribution in [-0.2, 0) is 27.5 Å². The van der Waals surface area contributed by atoms with Crippen molar-refractivity contribution in [2.24, 2.45) is 0 Å². The van der Waals surface area contributed by atoms with Crippen molar-refractivity contribution in [3.05, 3.63) is 59.2 Å². The molecular formula is C23H26N2O6S. The van der Waals surface area contributed by atoms with Crippen LogP contribution in [0.25, 0.3) is 0 Å². The van der Waals surface area contributed by atoms with Crippen LogP contribution in [0.3, 0.4) is 0 Å². The highest BCUT2D eigenvalue weighted by Crippen LogP contribution is 2.37. The van der Waals surface area contributed by atoms with Gasteiger partial charge in [-0.25, -0.2) is 18.0 Å². The van der Waals surface area contributed by atoms with E-state index in [1.54, 1.807) is 28.0 Å². The molecule has 2 aromatic carbocycles. The fourth-order valence-corrected chi connectivity index (χ4v) is 6.44. The molecule has 2 aliphatic rings. The topological polar surface area (TPSA) is 93.2 Å². The normalized spacial score (nSPS) is 21.5. The van der Waals surface area contributed by atoms with Gasteiger partial charge in [-0.15, -0.1) is 0 Å². The van der Waals surface area contributed by atoms with E-state index in [0.29, 0.717) is 22.6 Å². The van der Waals surface area contributed by atoms with Gasteiger partial charge < -0.3 is 14.4 Å². The van der Waals surface area contributed by atoms with E-state index in [4.69, 9.17) is 9.47 Å². The number of carbonyl (C=O) groups is 2. The van der Waals surface area contributed by atoms with Gasteiger partial charge in [0.2, 0.25) is 0 Å². The summed E-state index contributed by atoms with van der Waals surface area (Å²) in [5.74, 6) is -0.157. The second-order valence-corrected chi connectivity index (χ2v) is 10.2. The molecule has 2 aliphatic heterocycles. The third kappa shape index (κ3) is 3.92. The molecule has 0 aromatic heterocycles.